The second kappa shape index (κ2) is 6.90. The summed E-state index contributed by atoms with van der Waals surface area (Å²) in [6, 6.07) is 1.65. The summed E-state index contributed by atoms with van der Waals surface area (Å²) < 4.78 is 4.57. The molecule has 0 heterocycles. The van der Waals surface area contributed by atoms with Gasteiger partial charge >= 0.3 is 5.97 Å². The summed E-state index contributed by atoms with van der Waals surface area (Å²) in [5, 5.41) is 16.8. The lowest BCUT2D eigenvalue weighted by Crippen LogP contribution is -2.05. The third-order valence-electron chi connectivity index (χ3n) is 1.01. The fourth-order valence-corrected chi connectivity index (χ4v) is 0.515. The number of carbonyl (C=O) groups is 1. The number of rotatable bonds is 2. The fraction of sp³-hybridized carbons (Fsp3) is 0.333. The van der Waals surface area contributed by atoms with E-state index in [1.165, 1.54) is 0 Å². The van der Waals surface area contributed by atoms with Crippen LogP contribution in [0.1, 0.15) is 6.92 Å². The first-order valence-corrected chi connectivity index (χ1v) is 3.62. The maximum atomic E-state index is 10.9. The van der Waals surface area contributed by atoms with Gasteiger partial charge in [0.15, 0.2) is 0 Å². The highest BCUT2D eigenvalue weighted by atomic mass is 16.5. The molecule has 0 aliphatic rings. The van der Waals surface area contributed by atoms with Crippen molar-refractivity contribution in [3.05, 3.63) is 11.6 Å². The van der Waals surface area contributed by atoms with Crippen LogP contribution in [0.25, 0.3) is 0 Å². The molecule has 0 bridgehead atoms. The summed E-state index contributed by atoms with van der Waals surface area (Å²) in [6.07, 6.45) is 1.12. The molecule has 4 heteroatoms. The Hall–Kier alpha value is -1.78. The number of nitrogens with zero attached hydrogens (tertiary/aromatic N) is 1. The molecule has 68 valence electrons. The van der Waals surface area contributed by atoms with E-state index in [1.807, 2.05) is 0 Å². The topological polar surface area (TPSA) is 70.3 Å². The number of carbonyl (C=O) groups excluding carboxylic acids is 1. The average Bonchev–Trinajstić information content (AvgIpc) is 2.13. The highest BCUT2D eigenvalue weighted by molar-refractivity contribution is 5.93. The Morgan fingerprint density at radius 2 is 2.38 bits per heavy atom. The average molecular weight is 179 g/mol. The Morgan fingerprint density at radius 3 is 2.85 bits per heavy atom. The van der Waals surface area contributed by atoms with Crippen molar-refractivity contribution in [3.63, 3.8) is 0 Å². The van der Waals surface area contributed by atoms with Gasteiger partial charge in [-0.25, -0.2) is 4.79 Å². The quantitative estimate of drug-likeness (QED) is 0.280. The normalized spacial score (nSPS) is 9.46. The Kier molecular flexibility index (Phi) is 5.96. The van der Waals surface area contributed by atoms with Gasteiger partial charge in [0.1, 0.15) is 18.2 Å². The highest BCUT2D eigenvalue weighted by Crippen LogP contribution is 1.95. The third kappa shape index (κ3) is 4.62. The molecule has 0 aromatic heterocycles. The van der Waals surface area contributed by atoms with E-state index < -0.39 is 5.97 Å². The van der Waals surface area contributed by atoms with Crippen LogP contribution in [0.4, 0.5) is 0 Å². The predicted molar refractivity (Wildman–Crippen MR) is 45.2 cm³/mol. The minimum Gasteiger partial charge on any atom is -0.462 e. The second-order valence-corrected chi connectivity index (χ2v) is 1.87. The lowest BCUT2D eigenvalue weighted by atomic mass is 10.3. The Balaban J connectivity index is 4.43. The number of aliphatic hydroxyl groups excluding tert-OH is 1. The summed E-state index contributed by atoms with van der Waals surface area (Å²) in [5.41, 5.74) is -0.164. The molecular formula is C9H9NO3. The largest absolute Gasteiger partial charge is 0.462 e. The van der Waals surface area contributed by atoms with Crippen LogP contribution in [0.5, 0.6) is 0 Å². The lowest BCUT2D eigenvalue weighted by molar-refractivity contribution is -0.138. The molecule has 0 radical (unpaired) electrons. The van der Waals surface area contributed by atoms with Crippen LogP contribution in [-0.2, 0) is 9.53 Å². The first kappa shape index (κ1) is 11.2. The highest BCUT2D eigenvalue weighted by Gasteiger charge is 2.07. The molecule has 0 aromatic rings. The van der Waals surface area contributed by atoms with Crippen molar-refractivity contribution in [2.45, 2.75) is 6.92 Å². The zero-order valence-corrected chi connectivity index (χ0v) is 7.20. The van der Waals surface area contributed by atoms with Crippen LogP contribution >= 0.6 is 0 Å². The van der Waals surface area contributed by atoms with Crippen molar-refractivity contribution in [3.8, 4) is 17.9 Å². The first-order valence-electron chi connectivity index (χ1n) is 3.62. The van der Waals surface area contributed by atoms with Crippen molar-refractivity contribution < 1.29 is 14.6 Å². The number of ether oxygens (including phenoxy) is 1. The minimum absolute atomic E-state index is 0.164. The van der Waals surface area contributed by atoms with Crippen LogP contribution in [0.2, 0.25) is 0 Å². The van der Waals surface area contributed by atoms with E-state index in [-0.39, 0.29) is 18.8 Å². The minimum atomic E-state index is -0.697. The SMILES string of the molecule is CCOC(=O)C(C#N)=CC#CCO. The van der Waals surface area contributed by atoms with Crippen LogP contribution in [-0.4, -0.2) is 24.3 Å². The molecule has 0 aromatic carbocycles. The molecule has 0 fully saturated rings. The van der Waals surface area contributed by atoms with E-state index in [1.54, 1.807) is 13.0 Å². The van der Waals surface area contributed by atoms with Gasteiger partial charge in [0, 0.05) is 6.08 Å². The van der Waals surface area contributed by atoms with E-state index in [0.717, 1.165) is 6.08 Å². The smallest absolute Gasteiger partial charge is 0.349 e. The van der Waals surface area contributed by atoms with Gasteiger partial charge in [-0.1, -0.05) is 11.8 Å². The molecule has 0 saturated heterocycles. The fourth-order valence-electron chi connectivity index (χ4n) is 0.515. The van der Waals surface area contributed by atoms with Gasteiger partial charge in [-0.3, -0.25) is 0 Å². The molecule has 13 heavy (non-hydrogen) atoms. The van der Waals surface area contributed by atoms with Gasteiger partial charge < -0.3 is 9.84 Å². The van der Waals surface area contributed by atoms with Gasteiger partial charge in [0.25, 0.3) is 0 Å². The number of hydrogen-bond donors (Lipinski definition) is 1. The van der Waals surface area contributed by atoms with Crippen molar-refractivity contribution in [2.24, 2.45) is 0 Å². The molecule has 0 rings (SSSR count). The van der Waals surface area contributed by atoms with Crippen molar-refractivity contribution in [1.82, 2.24) is 0 Å². The summed E-state index contributed by atoms with van der Waals surface area (Å²) >= 11 is 0. The summed E-state index contributed by atoms with van der Waals surface area (Å²) in [7, 11) is 0. The van der Waals surface area contributed by atoms with Gasteiger partial charge in [-0.05, 0) is 6.92 Å². The van der Waals surface area contributed by atoms with Crippen LogP contribution in [0.15, 0.2) is 11.6 Å². The van der Waals surface area contributed by atoms with Crippen LogP contribution in [0.3, 0.4) is 0 Å². The Labute approximate surface area is 76.4 Å². The van der Waals surface area contributed by atoms with Crippen LogP contribution < -0.4 is 0 Å². The van der Waals surface area contributed by atoms with E-state index in [2.05, 4.69) is 16.6 Å². The molecule has 0 aliphatic heterocycles. The monoisotopic (exact) mass is 179 g/mol. The molecule has 0 saturated carbocycles. The molecule has 0 unspecified atom stereocenters. The van der Waals surface area contributed by atoms with Gasteiger partial charge in [-0.15, -0.1) is 0 Å². The van der Waals surface area contributed by atoms with E-state index in [4.69, 9.17) is 10.4 Å². The van der Waals surface area contributed by atoms with E-state index in [9.17, 15) is 4.79 Å². The van der Waals surface area contributed by atoms with Crippen molar-refractivity contribution >= 4 is 5.97 Å². The summed E-state index contributed by atoms with van der Waals surface area (Å²) in [6.45, 7) is 1.55. The Morgan fingerprint density at radius 1 is 1.69 bits per heavy atom. The summed E-state index contributed by atoms with van der Waals surface area (Å²) in [4.78, 5) is 10.9. The molecule has 0 aliphatic carbocycles. The molecule has 1 N–H and O–H groups in total. The molecular weight excluding hydrogens is 170 g/mol. The van der Waals surface area contributed by atoms with E-state index in [0.29, 0.717) is 0 Å². The lowest BCUT2D eigenvalue weighted by Gasteiger charge is -1.96. The standard InChI is InChI=1S/C9H9NO3/c1-2-13-9(12)8(7-10)5-3-4-6-11/h5,11H,2,6H2,1H3. The second-order valence-electron chi connectivity index (χ2n) is 1.87. The number of hydrogen-bond acceptors (Lipinski definition) is 4. The molecule has 0 atom stereocenters. The first-order chi connectivity index (χ1) is 6.26. The van der Waals surface area contributed by atoms with Crippen molar-refractivity contribution in [2.75, 3.05) is 13.2 Å². The van der Waals surface area contributed by atoms with Gasteiger partial charge in [0.05, 0.1) is 6.61 Å². The summed E-state index contributed by atoms with van der Waals surface area (Å²) in [5.74, 6) is 3.92. The maximum absolute atomic E-state index is 10.9. The van der Waals surface area contributed by atoms with Crippen LogP contribution in [0, 0.1) is 23.2 Å². The number of allylic oxidation sites excluding steroid dienone is 1. The van der Waals surface area contributed by atoms with Gasteiger partial charge in [0.2, 0.25) is 0 Å². The Bertz CT molecular complexity index is 301. The van der Waals surface area contributed by atoms with Crippen molar-refractivity contribution in [1.29, 1.82) is 5.26 Å². The van der Waals surface area contributed by atoms with Gasteiger partial charge in [-0.2, -0.15) is 5.26 Å². The zero-order valence-electron chi connectivity index (χ0n) is 7.20. The molecule has 0 amide bonds. The number of nitriles is 1. The molecule has 4 nitrogen and oxygen atoms in total. The maximum Gasteiger partial charge on any atom is 0.349 e. The predicted octanol–water partition coefficient (Wildman–Crippen LogP) is -0.00482. The number of aliphatic hydroxyl groups is 1. The molecule has 0 spiro atoms. The van der Waals surface area contributed by atoms with E-state index >= 15 is 0 Å². The third-order valence-corrected chi connectivity index (χ3v) is 1.01. The zero-order chi connectivity index (χ0) is 10.1. The number of esters is 1.